The fourth-order valence-corrected chi connectivity index (χ4v) is 1.86. The average molecular weight is 343 g/mol. The van der Waals surface area contributed by atoms with E-state index in [9.17, 15) is 14.4 Å². The van der Waals surface area contributed by atoms with Crippen LogP contribution in [0.3, 0.4) is 0 Å². The number of nitrogen functional groups attached to an aromatic ring is 1. The summed E-state index contributed by atoms with van der Waals surface area (Å²) in [5, 5.41) is 5.21. The van der Waals surface area contributed by atoms with Crippen LogP contribution in [0.25, 0.3) is 0 Å². The molecule has 0 bridgehead atoms. The quantitative estimate of drug-likeness (QED) is 0.694. The van der Waals surface area contributed by atoms with Gasteiger partial charge in [-0.3, -0.25) is 9.59 Å². The first kappa shape index (κ1) is 17.9. The number of anilines is 3. The van der Waals surface area contributed by atoms with Crippen molar-refractivity contribution in [1.82, 2.24) is 9.97 Å². The van der Waals surface area contributed by atoms with Gasteiger partial charge in [0.1, 0.15) is 0 Å². The molecule has 2 amide bonds. The van der Waals surface area contributed by atoms with E-state index in [4.69, 9.17) is 10.5 Å². The minimum Gasteiger partial charge on any atom is -0.448 e. The molecule has 0 radical (unpaired) electrons. The van der Waals surface area contributed by atoms with Crippen LogP contribution in [0.5, 0.6) is 0 Å². The summed E-state index contributed by atoms with van der Waals surface area (Å²) in [4.78, 5) is 42.5. The van der Waals surface area contributed by atoms with Crippen LogP contribution in [0.15, 0.2) is 36.7 Å². The number of carbonyl (C=O) groups is 3. The van der Waals surface area contributed by atoms with Gasteiger partial charge in [-0.1, -0.05) is 0 Å². The molecule has 25 heavy (non-hydrogen) atoms. The lowest BCUT2D eigenvalue weighted by atomic mass is 10.2. The Kier molecular flexibility index (Phi) is 5.62. The van der Waals surface area contributed by atoms with Crippen molar-refractivity contribution in [3.05, 3.63) is 42.4 Å². The number of benzene rings is 1. The van der Waals surface area contributed by atoms with Crippen LogP contribution in [0.4, 0.5) is 17.2 Å². The zero-order chi connectivity index (χ0) is 18.4. The maximum atomic E-state index is 12.1. The highest BCUT2D eigenvalue weighted by Gasteiger charge is 2.21. The average Bonchev–Trinajstić information content (AvgIpc) is 2.56. The lowest BCUT2D eigenvalue weighted by molar-refractivity contribution is -0.123. The highest BCUT2D eigenvalue weighted by molar-refractivity contribution is 5.98. The van der Waals surface area contributed by atoms with E-state index < -0.39 is 18.0 Å². The molecule has 4 N–H and O–H groups in total. The summed E-state index contributed by atoms with van der Waals surface area (Å²) in [6, 6.07) is 6.48. The molecule has 9 heteroatoms. The topological polar surface area (TPSA) is 136 Å². The van der Waals surface area contributed by atoms with Gasteiger partial charge in [0, 0.05) is 30.7 Å². The van der Waals surface area contributed by atoms with E-state index in [1.807, 2.05) is 0 Å². The normalized spacial score (nSPS) is 11.3. The number of hydrogen-bond donors (Lipinski definition) is 3. The van der Waals surface area contributed by atoms with Crippen molar-refractivity contribution >= 4 is 35.0 Å². The highest BCUT2D eigenvalue weighted by atomic mass is 16.5. The number of ether oxygens (including phenoxy) is 1. The van der Waals surface area contributed by atoms with Crippen molar-refractivity contribution in [2.24, 2.45) is 0 Å². The minimum absolute atomic E-state index is 0.0753. The Balaban J connectivity index is 1.95. The fraction of sp³-hybridized carbons (Fsp3) is 0.188. The third-order valence-electron chi connectivity index (χ3n) is 3.05. The standard InChI is InChI=1S/C16H17N5O4/c1-9(25-16(24)13-14(17)19-8-7-18-13)15(23)21-12-5-3-11(4-6-12)20-10(2)22/h3-9H,1-2H3,(H2,17,19)(H,20,22)(H,21,23). The molecule has 130 valence electrons. The molecule has 2 aromatic rings. The van der Waals surface area contributed by atoms with E-state index in [0.717, 1.165) is 0 Å². The largest absolute Gasteiger partial charge is 0.448 e. The molecule has 0 fully saturated rings. The second-order valence-corrected chi connectivity index (χ2v) is 5.09. The van der Waals surface area contributed by atoms with Crippen LogP contribution in [0.2, 0.25) is 0 Å². The van der Waals surface area contributed by atoms with Gasteiger partial charge in [-0.15, -0.1) is 0 Å². The van der Waals surface area contributed by atoms with Gasteiger partial charge in [0.2, 0.25) is 5.91 Å². The van der Waals surface area contributed by atoms with Crippen LogP contribution in [0, 0.1) is 0 Å². The van der Waals surface area contributed by atoms with Gasteiger partial charge in [0.15, 0.2) is 17.6 Å². The highest BCUT2D eigenvalue weighted by Crippen LogP contribution is 2.14. The summed E-state index contributed by atoms with van der Waals surface area (Å²) in [6.45, 7) is 2.82. The molecule has 0 aliphatic carbocycles. The van der Waals surface area contributed by atoms with Crippen molar-refractivity contribution in [1.29, 1.82) is 0 Å². The molecule has 1 heterocycles. The Morgan fingerprint density at radius 3 is 2.16 bits per heavy atom. The van der Waals surface area contributed by atoms with Crippen molar-refractivity contribution in [2.75, 3.05) is 16.4 Å². The molecule has 2 rings (SSSR count). The van der Waals surface area contributed by atoms with Gasteiger partial charge < -0.3 is 21.1 Å². The first-order valence-corrected chi connectivity index (χ1v) is 7.33. The number of esters is 1. The van der Waals surface area contributed by atoms with Crippen molar-refractivity contribution < 1.29 is 19.1 Å². The smallest absolute Gasteiger partial charge is 0.361 e. The van der Waals surface area contributed by atoms with Crippen LogP contribution in [0.1, 0.15) is 24.3 Å². The molecule has 1 atom stereocenters. The van der Waals surface area contributed by atoms with Crippen LogP contribution in [-0.2, 0) is 14.3 Å². The lowest BCUT2D eigenvalue weighted by Gasteiger charge is -2.14. The number of nitrogens with two attached hydrogens (primary N) is 1. The summed E-state index contributed by atoms with van der Waals surface area (Å²) < 4.78 is 5.04. The number of nitrogens with zero attached hydrogens (tertiary/aromatic N) is 2. The molecule has 1 aromatic heterocycles. The van der Waals surface area contributed by atoms with Crippen LogP contribution >= 0.6 is 0 Å². The Morgan fingerprint density at radius 1 is 1.04 bits per heavy atom. The molecule has 0 aliphatic heterocycles. The molecular weight excluding hydrogens is 326 g/mol. The summed E-state index contributed by atoms with van der Waals surface area (Å²) >= 11 is 0. The Morgan fingerprint density at radius 2 is 1.60 bits per heavy atom. The van der Waals surface area contributed by atoms with Crippen LogP contribution in [-0.4, -0.2) is 33.9 Å². The third-order valence-corrected chi connectivity index (χ3v) is 3.05. The molecule has 0 saturated carbocycles. The Bertz CT molecular complexity index is 791. The van der Waals surface area contributed by atoms with E-state index in [0.29, 0.717) is 11.4 Å². The molecule has 1 unspecified atom stereocenters. The van der Waals surface area contributed by atoms with Gasteiger partial charge in [0.05, 0.1) is 0 Å². The van der Waals surface area contributed by atoms with E-state index in [1.165, 1.54) is 26.2 Å². The molecule has 0 spiro atoms. The number of carbonyl (C=O) groups excluding carboxylic acids is 3. The zero-order valence-corrected chi connectivity index (χ0v) is 13.6. The SMILES string of the molecule is CC(=O)Nc1ccc(NC(=O)C(C)OC(=O)c2nccnc2N)cc1. The van der Waals surface area contributed by atoms with Gasteiger partial charge in [-0.2, -0.15) is 0 Å². The predicted molar refractivity (Wildman–Crippen MR) is 90.7 cm³/mol. The van der Waals surface area contributed by atoms with Crippen LogP contribution < -0.4 is 16.4 Å². The van der Waals surface area contributed by atoms with Crippen molar-refractivity contribution in [3.8, 4) is 0 Å². The monoisotopic (exact) mass is 343 g/mol. The molecule has 9 nitrogen and oxygen atoms in total. The van der Waals surface area contributed by atoms with Crippen molar-refractivity contribution in [3.63, 3.8) is 0 Å². The summed E-state index contributed by atoms with van der Waals surface area (Å²) in [5.74, 6) is -1.63. The molecule has 0 aliphatic rings. The number of aromatic nitrogens is 2. The first-order valence-electron chi connectivity index (χ1n) is 7.33. The first-order chi connectivity index (χ1) is 11.9. The summed E-state index contributed by atoms with van der Waals surface area (Å²) in [7, 11) is 0. The van der Waals surface area contributed by atoms with Gasteiger partial charge >= 0.3 is 5.97 Å². The Hall–Kier alpha value is -3.49. The third kappa shape index (κ3) is 4.99. The molecular formula is C16H17N5O4. The second-order valence-electron chi connectivity index (χ2n) is 5.09. The van der Waals surface area contributed by atoms with Crippen molar-refractivity contribution in [2.45, 2.75) is 20.0 Å². The van der Waals surface area contributed by atoms with E-state index in [-0.39, 0.29) is 17.4 Å². The minimum atomic E-state index is -1.07. The fourth-order valence-electron chi connectivity index (χ4n) is 1.86. The van der Waals surface area contributed by atoms with Gasteiger partial charge in [-0.05, 0) is 31.2 Å². The van der Waals surface area contributed by atoms with E-state index in [2.05, 4.69) is 20.6 Å². The number of hydrogen-bond acceptors (Lipinski definition) is 7. The summed E-state index contributed by atoms with van der Waals surface area (Å²) in [5.41, 5.74) is 6.48. The number of amides is 2. The number of rotatable bonds is 5. The maximum absolute atomic E-state index is 12.1. The number of nitrogens with one attached hydrogen (secondary N) is 2. The van der Waals surface area contributed by atoms with E-state index in [1.54, 1.807) is 24.3 Å². The molecule has 0 saturated heterocycles. The zero-order valence-electron chi connectivity index (χ0n) is 13.6. The van der Waals surface area contributed by atoms with E-state index >= 15 is 0 Å². The lowest BCUT2D eigenvalue weighted by Crippen LogP contribution is -2.30. The second kappa shape index (κ2) is 7.86. The van der Waals surface area contributed by atoms with Gasteiger partial charge in [-0.25, -0.2) is 14.8 Å². The molecule has 1 aromatic carbocycles. The predicted octanol–water partition coefficient (Wildman–Crippen LogP) is 1.20. The summed E-state index contributed by atoms with van der Waals surface area (Å²) in [6.07, 6.45) is 1.57. The van der Waals surface area contributed by atoms with Gasteiger partial charge in [0.25, 0.3) is 5.91 Å². The Labute approximate surface area is 143 Å². The maximum Gasteiger partial charge on any atom is 0.361 e.